The summed E-state index contributed by atoms with van der Waals surface area (Å²) in [5.74, 6) is -0.620. The maximum Gasteiger partial charge on any atom is 0.330 e. The number of ether oxygens (including phenoxy) is 1. The zero-order valence-corrected chi connectivity index (χ0v) is 8.26. The van der Waals surface area contributed by atoms with Gasteiger partial charge in [0.1, 0.15) is 12.2 Å². The van der Waals surface area contributed by atoms with Crippen LogP contribution in [-0.4, -0.2) is 26.9 Å². The van der Waals surface area contributed by atoms with Crippen molar-refractivity contribution < 1.29 is 22.5 Å². The van der Waals surface area contributed by atoms with Gasteiger partial charge < -0.3 is 9.29 Å². The van der Waals surface area contributed by atoms with Gasteiger partial charge in [-0.15, -0.1) is 0 Å². The lowest BCUT2D eigenvalue weighted by Gasteiger charge is -2.24. The van der Waals surface area contributed by atoms with Gasteiger partial charge in [0, 0.05) is 6.08 Å². The molecule has 0 aliphatic rings. The third-order valence-corrected chi connectivity index (χ3v) is 1.36. The molecule has 0 aliphatic carbocycles. The summed E-state index contributed by atoms with van der Waals surface area (Å²) >= 11 is -2.60. The molecule has 5 nitrogen and oxygen atoms in total. The molecule has 6 heteroatoms. The lowest BCUT2D eigenvalue weighted by Crippen LogP contribution is -2.33. The lowest BCUT2D eigenvalue weighted by atomic mass is 10.1. The zero-order valence-electron chi connectivity index (χ0n) is 7.44. The maximum atomic E-state index is 10.7. The van der Waals surface area contributed by atoms with Gasteiger partial charge in [-0.1, -0.05) is 6.58 Å². The minimum absolute atomic E-state index is 0.220. The fraction of sp³-hybridized carbons (Fsp3) is 0.571. The van der Waals surface area contributed by atoms with Crippen molar-refractivity contribution in [2.75, 3.05) is 6.61 Å². The van der Waals surface area contributed by atoms with Gasteiger partial charge in [0.05, 0.1) is 11.4 Å². The largest absolute Gasteiger partial charge is 0.750 e. The van der Waals surface area contributed by atoms with Crippen LogP contribution in [0.25, 0.3) is 0 Å². The summed E-state index contributed by atoms with van der Waals surface area (Å²) < 4.78 is 29.1. The second-order valence-corrected chi connectivity index (χ2v) is 3.50. The van der Waals surface area contributed by atoms with Gasteiger partial charge in [0.15, 0.2) is 0 Å². The Morgan fingerprint density at radius 1 is 1.69 bits per heavy atom. The van der Waals surface area contributed by atoms with Gasteiger partial charge in [0.25, 0.3) is 0 Å². The number of hydrogen-bond donors (Lipinski definition) is 0. The molecule has 0 saturated heterocycles. The van der Waals surface area contributed by atoms with Crippen molar-refractivity contribution in [3.63, 3.8) is 0 Å². The van der Waals surface area contributed by atoms with Crippen LogP contribution in [0.5, 0.6) is 0 Å². The third-order valence-electron chi connectivity index (χ3n) is 1.05. The fourth-order valence-electron chi connectivity index (χ4n) is 0.533. The molecule has 0 N–H and O–H groups in total. The molecule has 0 spiro atoms. The standard InChI is InChI=1S/C7H12O5S/c1-4-6(8)12-7(2,3)5-11-13(9)10/h4H,1,5H2,2-3H3,(H,9,10)/p-1. The van der Waals surface area contributed by atoms with Gasteiger partial charge in [0.2, 0.25) is 0 Å². The highest BCUT2D eigenvalue weighted by atomic mass is 32.2. The molecule has 0 bridgehead atoms. The molecular weight excluding hydrogens is 196 g/mol. The molecular formula is C7H11O5S-. The van der Waals surface area contributed by atoms with Crippen LogP contribution in [0.3, 0.4) is 0 Å². The predicted octanol–water partition coefficient (Wildman–Crippen LogP) is 0.305. The summed E-state index contributed by atoms with van der Waals surface area (Å²) in [5, 5.41) is 0. The Morgan fingerprint density at radius 3 is 2.62 bits per heavy atom. The molecule has 0 aliphatic heterocycles. The fourth-order valence-corrected chi connectivity index (χ4v) is 0.914. The van der Waals surface area contributed by atoms with E-state index in [0.717, 1.165) is 6.08 Å². The van der Waals surface area contributed by atoms with Gasteiger partial charge in [-0.05, 0) is 13.8 Å². The molecule has 0 amide bonds. The molecule has 0 fully saturated rings. The second-order valence-electron chi connectivity index (χ2n) is 2.85. The van der Waals surface area contributed by atoms with E-state index in [0.29, 0.717) is 0 Å². The molecule has 0 heterocycles. The smallest absolute Gasteiger partial charge is 0.330 e. The molecule has 0 radical (unpaired) electrons. The van der Waals surface area contributed by atoms with Crippen LogP contribution in [0, 0.1) is 0 Å². The van der Waals surface area contributed by atoms with Crippen molar-refractivity contribution in [1.29, 1.82) is 0 Å². The topological polar surface area (TPSA) is 75.7 Å². The molecule has 0 aromatic rings. The predicted molar refractivity (Wildman–Crippen MR) is 45.2 cm³/mol. The Hall–Kier alpha value is -0.720. The normalized spacial score (nSPS) is 13.5. The SMILES string of the molecule is C=CC(=O)OC(C)(C)COS(=O)[O-]. The molecule has 1 unspecified atom stereocenters. The number of carbonyl (C=O) groups is 1. The Bertz CT molecular complexity index is 223. The molecule has 76 valence electrons. The van der Waals surface area contributed by atoms with Crippen molar-refractivity contribution in [3.8, 4) is 0 Å². The van der Waals surface area contributed by atoms with Crippen molar-refractivity contribution in [3.05, 3.63) is 12.7 Å². The number of hydrogen-bond acceptors (Lipinski definition) is 5. The average Bonchev–Trinajstić information content (AvgIpc) is 2.00. The van der Waals surface area contributed by atoms with Crippen molar-refractivity contribution in [2.24, 2.45) is 0 Å². The highest BCUT2D eigenvalue weighted by Crippen LogP contribution is 2.10. The van der Waals surface area contributed by atoms with Crippen LogP contribution in [0.2, 0.25) is 0 Å². The van der Waals surface area contributed by atoms with E-state index in [-0.39, 0.29) is 6.61 Å². The van der Waals surface area contributed by atoms with Crippen LogP contribution in [0.4, 0.5) is 0 Å². The van der Waals surface area contributed by atoms with E-state index < -0.39 is 22.9 Å². The van der Waals surface area contributed by atoms with Gasteiger partial charge in [-0.3, -0.25) is 4.18 Å². The summed E-state index contributed by atoms with van der Waals surface area (Å²) in [6.45, 7) is 6.04. The number of rotatable bonds is 5. The minimum Gasteiger partial charge on any atom is -0.750 e. The first kappa shape index (κ1) is 12.3. The number of carbonyl (C=O) groups excluding carboxylic acids is 1. The Labute approximate surface area is 79.2 Å². The van der Waals surface area contributed by atoms with Gasteiger partial charge in [-0.25, -0.2) is 9.00 Å². The minimum atomic E-state index is -2.60. The third kappa shape index (κ3) is 6.44. The maximum absolute atomic E-state index is 10.7. The quantitative estimate of drug-likeness (QED) is 0.368. The highest BCUT2D eigenvalue weighted by molar-refractivity contribution is 7.74. The van der Waals surface area contributed by atoms with Gasteiger partial charge >= 0.3 is 5.97 Å². The molecule has 0 aromatic carbocycles. The van der Waals surface area contributed by atoms with Crippen LogP contribution in [-0.2, 0) is 25.1 Å². The van der Waals surface area contributed by atoms with Crippen molar-refractivity contribution in [1.82, 2.24) is 0 Å². The summed E-state index contributed by atoms with van der Waals surface area (Å²) in [7, 11) is 0. The lowest BCUT2D eigenvalue weighted by molar-refractivity contribution is -0.152. The van der Waals surface area contributed by atoms with Crippen LogP contribution >= 0.6 is 0 Å². The summed E-state index contributed by atoms with van der Waals surface area (Å²) in [6.07, 6.45) is 0.996. The highest BCUT2D eigenvalue weighted by Gasteiger charge is 2.22. The van der Waals surface area contributed by atoms with E-state index in [1.807, 2.05) is 0 Å². The van der Waals surface area contributed by atoms with E-state index in [9.17, 15) is 13.6 Å². The van der Waals surface area contributed by atoms with Crippen molar-refractivity contribution in [2.45, 2.75) is 19.4 Å². The Morgan fingerprint density at radius 2 is 2.23 bits per heavy atom. The van der Waals surface area contributed by atoms with E-state index in [2.05, 4.69) is 10.8 Å². The zero-order chi connectivity index (χ0) is 10.5. The molecule has 1 atom stereocenters. The second kappa shape index (κ2) is 5.11. The summed E-state index contributed by atoms with van der Waals surface area (Å²) in [6, 6.07) is 0. The van der Waals surface area contributed by atoms with E-state index in [1.54, 1.807) is 0 Å². The summed E-state index contributed by atoms with van der Waals surface area (Å²) in [5.41, 5.74) is -0.981. The first-order valence-electron chi connectivity index (χ1n) is 3.45. The number of esters is 1. The van der Waals surface area contributed by atoms with E-state index in [4.69, 9.17) is 4.74 Å². The van der Waals surface area contributed by atoms with Crippen LogP contribution in [0.1, 0.15) is 13.8 Å². The Kier molecular flexibility index (Phi) is 4.82. The molecule has 0 aromatic heterocycles. The molecule has 0 saturated carbocycles. The first-order valence-corrected chi connectivity index (χ1v) is 4.45. The Balaban J connectivity index is 3.99. The monoisotopic (exact) mass is 207 g/mol. The summed E-state index contributed by atoms with van der Waals surface area (Å²) in [4.78, 5) is 10.7. The van der Waals surface area contributed by atoms with E-state index in [1.165, 1.54) is 13.8 Å². The van der Waals surface area contributed by atoms with Crippen LogP contribution in [0.15, 0.2) is 12.7 Å². The molecule has 13 heavy (non-hydrogen) atoms. The first-order chi connectivity index (χ1) is 5.87. The van der Waals surface area contributed by atoms with Crippen molar-refractivity contribution >= 4 is 17.3 Å². The van der Waals surface area contributed by atoms with Crippen LogP contribution < -0.4 is 0 Å². The average molecular weight is 207 g/mol. The van der Waals surface area contributed by atoms with Gasteiger partial charge in [-0.2, -0.15) is 0 Å². The molecule has 0 rings (SSSR count). The van der Waals surface area contributed by atoms with E-state index >= 15 is 0 Å².